The van der Waals surface area contributed by atoms with Gasteiger partial charge < -0.3 is 14.8 Å². The Morgan fingerprint density at radius 2 is 1.65 bits per heavy atom. The van der Waals surface area contributed by atoms with Gasteiger partial charge >= 0.3 is 0 Å². The summed E-state index contributed by atoms with van der Waals surface area (Å²) in [5.41, 5.74) is 2.27. The van der Waals surface area contributed by atoms with Crippen LogP contribution in [0.25, 0.3) is 11.1 Å². The molecule has 0 saturated carbocycles. The maximum absolute atomic E-state index is 11.7. The lowest BCUT2D eigenvalue weighted by Gasteiger charge is -2.10. The Labute approximate surface area is 137 Å². The average molecular weight is 313 g/mol. The molecule has 1 N–H and O–H groups in total. The van der Waals surface area contributed by atoms with Crippen molar-refractivity contribution < 1.29 is 14.3 Å². The van der Waals surface area contributed by atoms with Crippen LogP contribution in [0.4, 0.5) is 0 Å². The van der Waals surface area contributed by atoms with Crippen LogP contribution in [0.1, 0.15) is 13.8 Å². The van der Waals surface area contributed by atoms with E-state index in [9.17, 15) is 4.79 Å². The van der Waals surface area contributed by atoms with E-state index in [0.29, 0.717) is 18.9 Å². The van der Waals surface area contributed by atoms with E-state index in [4.69, 9.17) is 9.47 Å². The van der Waals surface area contributed by atoms with E-state index in [2.05, 4.69) is 17.4 Å². The highest BCUT2D eigenvalue weighted by atomic mass is 16.5. The van der Waals surface area contributed by atoms with Gasteiger partial charge in [-0.3, -0.25) is 4.79 Å². The largest absolute Gasteiger partial charge is 0.484 e. The summed E-state index contributed by atoms with van der Waals surface area (Å²) in [5, 5.41) is 2.76. The number of hydrogen-bond donors (Lipinski definition) is 1. The summed E-state index contributed by atoms with van der Waals surface area (Å²) in [6, 6.07) is 17.8. The predicted molar refractivity (Wildman–Crippen MR) is 91.5 cm³/mol. The molecule has 2 aromatic rings. The fourth-order valence-electron chi connectivity index (χ4n) is 2.06. The third-order valence-electron chi connectivity index (χ3n) is 3.21. The molecule has 0 atom stereocenters. The molecule has 2 aromatic carbocycles. The fourth-order valence-corrected chi connectivity index (χ4v) is 2.06. The monoisotopic (exact) mass is 313 g/mol. The standard InChI is InChI=1S/C19H23NO3/c1-15(2)22-13-12-20-19(21)14-23-18-10-8-17(9-11-18)16-6-4-3-5-7-16/h3-11,15H,12-14H2,1-2H3,(H,20,21). The Morgan fingerprint density at radius 1 is 1.00 bits per heavy atom. The van der Waals surface area contributed by atoms with E-state index in [1.54, 1.807) is 0 Å². The van der Waals surface area contributed by atoms with Crippen LogP contribution in [-0.4, -0.2) is 31.8 Å². The smallest absolute Gasteiger partial charge is 0.258 e. The minimum Gasteiger partial charge on any atom is -0.484 e. The number of ether oxygens (including phenoxy) is 2. The first kappa shape index (κ1) is 17.0. The Balaban J connectivity index is 1.75. The Bertz CT molecular complexity index is 594. The molecular weight excluding hydrogens is 290 g/mol. The molecule has 0 unspecified atom stereocenters. The third kappa shape index (κ3) is 6.12. The van der Waals surface area contributed by atoms with Crippen LogP contribution >= 0.6 is 0 Å². The van der Waals surface area contributed by atoms with Crippen molar-refractivity contribution in [2.45, 2.75) is 20.0 Å². The highest BCUT2D eigenvalue weighted by Crippen LogP contribution is 2.21. The van der Waals surface area contributed by atoms with Crippen molar-refractivity contribution in [2.24, 2.45) is 0 Å². The van der Waals surface area contributed by atoms with Gasteiger partial charge in [-0.25, -0.2) is 0 Å². The summed E-state index contributed by atoms with van der Waals surface area (Å²) >= 11 is 0. The first-order chi connectivity index (χ1) is 11.1. The molecule has 0 fully saturated rings. The highest BCUT2D eigenvalue weighted by molar-refractivity contribution is 5.77. The van der Waals surface area contributed by atoms with E-state index >= 15 is 0 Å². The van der Waals surface area contributed by atoms with Crippen LogP contribution in [0.2, 0.25) is 0 Å². The van der Waals surface area contributed by atoms with E-state index in [0.717, 1.165) is 11.1 Å². The van der Waals surface area contributed by atoms with Crippen molar-refractivity contribution in [1.29, 1.82) is 0 Å². The van der Waals surface area contributed by atoms with Gasteiger partial charge in [-0.05, 0) is 37.1 Å². The minimum atomic E-state index is -0.149. The maximum Gasteiger partial charge on any atom is 0.258 e. The van der Waals surface area contributed by atoms with Crippen molar-refractivity contribution in [1.82, 2.24) is 5.32 Å². The zero-order valence-corrected chi connectivity index (χ0v) is 13.6. The van der Waals surface area contributed by atoms with Gasteiger partial charge in [-0.1, -0.05) is 42.5 Å². The first-order valence-corrected chi connectivity index (χ1v) is 7.82. The van der Waals surface area contributed by atoms with Gasteiger partial charge in [0.05, 0.1) is 12.7 Å². The van der Waals surface area contributed by atoms with Crippen molar-refractivity contribution in [2.75, 3.05) is 19.8 Å². The molecule has 1 amide bonds. The van der Waals surface area contributed by atoms with E-state index in [1.807, 2.05) is 56.3 Å². The Kier molecular flexibility index (Phi) is 6.63. The molecule has 0 spiro atoms. The van der Waals surface area contributed by atoms with Gasteiger partial charge in [0.25, 0.3) is 5.91 Å². The number of benzene rings is 2. The minimum absolute atomic E-state index is 0.00631. The second kappa shape index (κ2) is 8.96. The van der Waals surface area contributed by atoms with Crippen LogP contribution in [0.15, 0.2) is 54.6 Å². The van der Waals surface area contributed by atoms with Crippen molar-refractivity contribution >= 4 is 5.91 Å². The van der Waals surface area contributed by atoms with Gasteiger partial charge in [-0.2, -0.15) is 0 Å². The fraction of sp³-hybridized carbons (Fsp3) is 0.316. The van der Waals surface area contributed by atoms with E-state index in [1.165, 1.54) is 0 Å². The number of carbonyl (C=O) groups excluding carboxylic acids is 1. The Hall–Kier alpha value is -2.33. The molecule has 122 valence electrons. The molecule has 0 saturated heterocycles. The molecule has 0 aromatic heterocycles. The van der Waals surface area contributed by atoms with Crippen LogP contribution in [-0.2, 0) is 9.53 Å². The third-order valence-corrected chi connectivity index (χ3v) is 3.21. The molecule has 23 heavy (non-hydrogen) atoms. The molecular formula is C19H23NO3. The lowest BCUT2D eigenvalue weighted by atomic mass is 10.1. The summed E-state index contributed by atoms with van der Waals surface area (Å²) in [6.45, 7) is 4.93. The lowest BCUT2D eigenvalue weighted by Crippen LogP contribution is -2.32. The van der Waals surface area contributed by atoms with Gasteiger partial charge in [0, 0.05) is 6.54 Å². The number of carbonyl (C=O) groups is 1. The molecule has 0 bridgehead atoms. The molecule has 0 radical (unpaired) electrons. The predicted octanol–water partition coefficient (Wildman–Crippen LogP) is 3.27. The Morgan fingerprint density at radius 3 is 2.30 bits per heavy atom. The number of hydrogen-bond acceptors (Lipinski definition) is 3. The lowest BCUT2D eigenvalue weighted by molar-refractivity contribution is -0.123. The van der Waals surface area contributed by atoms with Gasteiger partial charge in [0.15, 0.2) is 6.61 Å². The van der Waals surface area contributed by atoms with Crippen LogP contribution in [0, 0.1) is 0 Å². The van der Waals surface area contributed by atoms with Gasteiger partial charge in [-0.15, -0.1) is 0 Å². The maximum atomic E-state index is 11.7. The van der Waals surface area contributed by atoms with Crippen LogP contribution in [0.3, 0.4) is 0 Å². The van der Waals surface area contributed by atoms with Crippen molar-refractivity contribution in [3.05, 3.63) is 54.6 Å². The number of nitrogens with one attached hydrogen (secondary N) is 1. The average Bonchev–Trinajstić information content (AvgIpc) is 2.58. The topological polar surface area (TPSA) is 47.6 Å². The normalized spacial score (nSPS) is 10.6. The molecule has 2 rings (SSSR count). The molecule has 4 nitrogen and oxygen atoms in total. The number of rotatable bonds is 8. The zero-order valence-electron chi connectivity index (χ0n) is 13.6. The molecule has 4 heteroatoms. The second-order valence-corrected chi connectivity index (χ2v) is 5.45. The van der Waals surface area contributed by atoms with Crippen LogP contribution < -0.4 is 10.1 Å². The number of amides is 1. The summed E-state index contributed by atoms with van der Waals surface area (Å²) in [5.74, 6) is 0.530. The van der Waals surface area contributed by atoms with Crippen LogP contribution in [0.5, 0.6) is 5.75 Å². The molecule has 0 heterocycles. The van der Waals surface area contributed by atoms with Gasteiger partial charge in [0.1, 0.15) is 5.75 Å². The summed E-state index contributed by atoms with van der Waals surface area (Å²) < 4.78 is 10.8. The van der Waals surface area contributed by atoms with Crippen molar-refractivity contribution in [3.8, 4) is 16.9 Å². The van der Waals surface area contributed by atoms with E-state index < -0.39 is 0 Å². The molecule has 0 aliphatic heterocycles. The highest BCUT2D eigenvalue weighted by Gasteiger charge is 2.03. The molecule has 0 aliphatic carbocycles. The van der Waals surface area contributed by atoms with Crippen molar-refractivity contribution in [3.63, 3.8) is 0 Å². The molecule has 0 aliphatic rings. The zero-order chi connectivity index (χ0) is 16.5. The summed E-state index contributed by atoms with van der Waals surface area (Å²) in [4.78, 5) is 11.7. The summed E-state index contributed by atoms with van der Waals surface area (Å²) in [7, 11) is 0. The van der Waals surface area contributed by atoms with Gasteiger partial charge in [0.2, 0.25) is 0 Å². The SMILES string of the molecule is CC(C)OCCNC(=O)COc1ccc(-c2ccccc2)cc1. The summed E-state index contributed by atoms with van der Waals surface area (Å²) in [6.07, 6.45) is 0.172. The quantitative estimate of drug-likeness (QED) is 0.761. The first-order valence-electron chi connectivity index (χ1n) is 7.82. The van der Waals surface area contributed by atoms with E-state index in [-0.39, 0.29) is 18.6 Å². The second-order valence-electron chi connectivity index (χ2n) is 5.45.